The molecule has 0 heterocycles. The van der Waals surface area contributed by atoms with Crippen LogP contribution in [0.1, 0.15) is 328 Å². The molecule has 0 aliphatic carbocycles. The number of amides is 1. The standard InChI is InChI=1S/C63H121NO5/c1-3-5-7-9-11-13-15-17-19-21-23-25-27-29-31-33-34-36-38-40-42-44-46-48-50-52-54-56-60(66)62(68)59(58-65)64-63(69)61(67)57-55-53-51-49-47-45-43-41-39-37-35-32-30-28-26-24-22-20-18-16-14-12-10-8-6-4-2/h24,26,30,32,48,50,59-62,65-68H,3-23,25,27-29,31,33-47,49,51-58H2,1-2H3,(H,64,69)/b26-24-,32-30-,50-48+. The molecule has 408 valence electrons. The maximum Gasteiger partial charge on any atom is 0.249 e. The van der Waals surface area contributed by atoms with Crippen molar-refractivity contribution < 1.29 is 25.2 Å². The lowest BCUT2D eigenvalue weighted by molar-refractivity contribution is -0.132. The molecule has 0 fully saturated rings. The third kappa shape index (κ3) is 51.2. The topological polar surface area (TPSA) is 110 Å². The van der Waals surface area contributed by atoms with Crippen molar-refractivity contribution in [3.8, 4) is 0 Å². The number of allylic oxidation sites excluding steroid dienone is 6. The van der Waals surface area contributed by atoms with Crippen molar-refractivity contribution in [2.45, 2.75) is 353 Å². The molecule has 0 saturated heterocycles. The van der Waals surface area contributed by atoms with E-state index in [1.807, 2.05) is 0 Å². The van der Waals surface area contributed by atoms with Crippen LogP contribution in [0.5, 0.6) is 0 Å². The summed E-state index contributed by atoms with van der Waals surface area (Å²) in [6.07, 6.45) is 72.3. The maximum atomic E-state index is 12.6. The highest BCUT2D eigenvalue weighted by molar-refractivity contribution is 5.80. The number of hydrogen-bond donors (Lipinski definition) is 5. The number of hydrogen-bond acceptors (Lipinski definition) is 5. The Hall–Kier alpha value is -1.47. The van der Waals surface area contributed by atoms with E-state index in [4.69, 9.17) is 0 Å². The first-order chi connectivity index (χ1) is 34.0. The molecule has 0 spiro atoms. The van der Waals surface area contributed by atoms with Crippen LogP contribution in [0, 0.1) is 0 Å². The lowest BCUT2D eigenvalue weighted by Gasteiger charge is -2.27. The Morgan fingerprint density at radius 2 is 0.638 bits per heavy atom. The summed E-state index contributed by atoms with van der Waals surface area (Å²) in [7, 11) is 0. The molecule has 6 nitrogen and oxygen atoms in total. The Bertz CT molecular complexity index is 1090. The van der Waals surface area contributed by atoms with E-state index in [-0.39, 0.29) is 0 Å². The zero-order valence-corrected chi connectivity index (χ0v) is 46.3. The van der Waals surface area contributed by atoms with E-state index in [1.54, 1.807) is 0 Å². The van der Waals surface area contributed by atoms with Gasteiger partial charge in [-0.1, -0.05) is 294 Å². The predicted molar refractivity (Wildman–Crippen MR) is 302 cm³/mol. The Balaban J connectivity index is 3.64. The molecule has 4 atom stereocenters. The van der Waals surface area contributed by atoms with Gasteiger partial charge < -0.3 is 25.7 Å². The second-order valence-electron chi connectivity index (χ2n) is 21.4. The van der Waals surface area contributed by atoms with Crippen molar-refractivity contribution in [3.63, 3.8) is 0 Å². The van der Waals surface area contributed by atoms with Crippen LogP contribution in [0.15, 0.2) is 36.5 Å². The Labute approximate surface area is 430 Å². The molecule has 0 saturated carbocycles. The predicted octanol–water partition coefficient (Wildman–Crippen LogP) is 18.4. The highest BCUT2D eigenvalue weighted by Crippen LogP contribution is 2.18. The summed E-state index contributed by atoms with van der Waals surface area (Å²) < 4.78 is 0. The third-order valence-electron chi connectivity index (χ3n) is 14.6. The molecule has 69 heavy (non-hydrogen) atoms. The van der Waals surface area contributed by atoms with Crippen LogP contribution < -0.4 is 5.32 Å². The van der Waals surface area contributed by atoms with Crippen molar-refractivity contribution >= 4 is 5.91 Å². The number of carbonyl (C=O) groups excluding carboxylic acids is 1. The van der Waals surface area contributed by atoms with Crippen LogP contribution in [0.25, 0.3) is 0 Å². The van der Waals surface area contributed by atoms with E-state index in [0.29, 0.717) is 12.8 Å². The third-order valence-corrected chi connectivity index (χ3v) is 14.6. The summed E-state index contributed by atoms with van der Waals surface area (Å²) in [5.41, 5.74) is 0. The van der Waals surface area contributed by atoms with Crippen molar-refractivity contribution in [1.29, 1.82) is 0 Å². The summed E-state index contributed by atoms with van der Waals surface area (Å²) in [5.74, 6) is -0.592. The number of nitrogens with one attached hydrogen (secondary N) is 1. The highest BCUT2D eigenvalue weighted by Gasteiger charge is 2.28. The number of aliphatic hydroxyl groups is 4. The summed E-state index contributed by atoms with van der Waals surface area (Å²) in [6.45, 7) is 4.08. The first-order valence-corrected chi connectivity index (χ1v) is 30.9. The average Bonchev–Trinajstić information content (AvgIpc) is 3.35. The highest BCUT2D eigenvalue weighted by atomic mass is 16.3. The van der Waals surface area contributed by atoms with Gasteiger partial charge >= 0.3 is 0 Å². The molecule has 0 bridgehead atoms. The van der Waals surface area contributed by atoms with Gasteiger partial charge in [0.05, 0.1) is 18.8 Å². The van der Waals surface area contributed by atoms with E-state index >= 15 is 0 Å². The summed E-state index contributed by atoms with van der Waals surface area (Å²) in [6, 6.07) is -1.01. The van der Waals surface area contributed by atoms with E-state index in [9.17, 15) is 25.2 Å². The van der Waals surface area contributed by atoms with Gasteiger partial charge in [-0.2, -0.15) is 0 Å². The minimum Gasteiger partial charge on any atom is -0.394 e. The van der Waals surface area contributed by atoms with Gasteiger partial charge in [-0.15, -0.1) is 0 Å². The average molecular weight is 973 g/mol. The summed E-state index contributed by atoms with van der Waals surface area (Å²) in [4.78, 5) is 12.6. The van der Waals surface area contributed by atoms with Crippen LogP contribution >= 0.6 is 0 Å². The minimum absolute atomic E-state index is 0.360. The maximum absolute atomic E-state index is 12.6. The molecule has 0 aromatic rings. The molecular weight excluding hydrogens is 851 g/mol. The van der Waals surface area contributed by atoms with Gasteiger partial charge in [-0.05, 0) is 70.6 Å². The molecule has 4 unspecified atom stereocenters. The smallest absolute Gasteiger partial charge is 0.249 e. The number of carbonyl (C=O) groups is 1. The van der Waals surface area contributed by atoms with Gasteiger partial charge in [0.1, 0.15) is 12.2 Å². The Morgan fingerprint density at radius 3 is 0.957 bits per heavy atom. The summed E-state index contributed by atoms with van der Waals surface area (Å²) in [5, 5.41) is 44.1. The van der Waals surface area contributed by atoms with E-state index in [2.05, 4.69) is 55.6 Å². The number of rotatable bonds is 57. The van der Waals surface area contributed by atoms with Gasteiger partial charge in [0.15, 0.2) is 0 Å². The molecule has 0 aliphatic heterocycles. The van der Waals surface area contributed by atoms with E-state index in [1.165, 1.54) is 257 Å². The molecule has 0 aliphatic rings. The molecule has 0 aromatic carbocycles. The molecule has 0 radical (unpaired) electrons. The number of unbranched alkanes of at least 4 members (excludes halogenated alkanes) is 42. The zero-order chi connectivity index (χ0) is 50.2. The van der Waals surface area contributed by atoms with Gasteiger partial charge in [-0.25, -0.2) is 0 Å². The fraction of sp³-hybridized carbons (Fsp3) is 0.889. The van der Waals surface area contributed by atoms with Gasteiger partial charge in [0.2, 0.25) is 5.91 Å². The van der Waals surface area contributed by atoms with E-state index in [0.717, 1.165) is 44.9 Å². The molecule has 1 amide bonds. The molecule has 6 heteroatoms. The molecule has 5 N–H and O–H groups in total. The molecular formula is C63H121NO5. The van der Waals surface area contributed by atoms with E-state index < -0.39 is 36.9 Å². The fourth-order valence-electron chi connectivity index (χ4n) is 9.73. The molecule has 0 rings (SSSR count). The first-order valence-electron chi connectivity index (χ1n) is 30.9. The van der Waals surface area contributed by atoms with Crippen molar-refractivity contribution in [3.05, 3.63) is 36.5 Å². The number of aliphatic hydroxyl groups excluding tert-OH is 4. The van der Waals surface area contributed by atoms with Crippen molar-refractivity contribution in [2.75, 3.05) is 6.61 Å². The Kier molecular flexibility index (Phi) is 56.2. The fourth-order valence-corrected chi connectivity index (χ4v) is 9.73. The van der Waals surface area contributed by atoms with Crippen LogP contribution in [0.4, 0.5) is 0 Å². The van der Waals surface area contributed by atoms with Crippen LogP contribution in [-0.2, 0) is 4.79 Å². The SMILES string of the molecule is CCCCCCCCCCC/C=C\C/C=C\CCCCCCCCCCCCC(O)C(=O)NC(CO)C(O)C(O)CCC/C=C/CCCCCCCCCCCCCCCCCCCCCCCC. The summed E-state index contributed by atoms with van der Waals surface area (Å²) >= 11 is 0. The van der Waals surface area contributed by atoms with Gasteiger partial charge in [0.25, 0.3) is 0 Å². The van der Waals surface area contributed by atoms with Crippen LogP contribution in [0.2, 0.25) is 0 Å². The van der Waals surface area contributed by atoms with Gasteiger partial charge in [-0.3, -0.25) is 4.79 Å². The second kappa shape index (κ2) is 57.4. The monoisotopic (exact) mass is 972 g/mol. The normalized spacial score (nSPS) is 13.9. The van der Waals surface area contributed by atoms with Crippen LogP contribution in [0.3, 0.4) is 0 Å². The van der Waals surface area contributed by atoms with Gasteiger partial charge in [0, 0.05) is 0 Å². The second-order valence-corrected chi connectivity index (χ2v) is 21.4. The largest absolute Gasteiger partial charge is 0.394 e. The first kappa shape index (κ1) is 67.5. The van der Waals surface area contributed by atoms with Crippen molar-refractivity contribution in [2.24, 2.45) is 0 Å². The zero-order valence-electron chi connectivity index (χ0n) is 46.3. The Morgan fingerprint density at radius 1 is 0.362 bits per heavy atom. The lowest BCUT2D eigenvalue weighted by Crippen LogP contribution is -2.53. The molecule has 0 aromatic heterocycles. The van der Waals surface area contributed by atoms with Crippen LogP contribution in [-0.4, -0.2) is 57.3 Å². The lowest BCUT2D eigenvalue weighted by atomic mass is 10.00. The van der Waals surface area contributed by atoms with Crippen molar-refractivity contribution in [1.82, 2.24) is 5.32 Å². The quantitative estimate of drug-likeness (QED) is 0.0308. The minimum atomic E-state index is -1.28.